The minimum atomic E-state index is -0.567. The van der Waals surface area contributed by atoms with Gasteiger partial charge in [-0.1, -0.05) is 13.8 Å². The van der Waals surface area contributed by atoms with E-state index in [2.05, 4.69) is 5.32 Å². The van der Waals surface area contributed by atoms with Crippen molar-refractivity contribution >= 4 is 28.2 Å². The van der Waals surface area contributed by atoms with E-state index < -0.39 is 12.0 Å². The Kier molecular flexibility index (Phi) is 5.98. The van der Waals surface area contributed by atoms with Crippen molar-refractivity contribution in [3.63, 3.8) is 0 Å². The van der Waals surface area contributed by atoms with Crippen LogP contribution in [-0.2, 0) is 16.0 Å². The van der Waals surface area contributed by atoms with Crippen molar-refractivity contribution in [1.82, 2.24) is 0 Å². The van der Waals surface area contributed by atoms with E-state index in [9.17, 15) is 9.59 Å². The van der Waals surface area contributed by atoms with Crippen molar-refractivity contribution in [2.45, 2.75) is 39.7 Å². The smallest absolute Gasteiger partial charge is 0.341 e. The van der Waals surface area contributed by atoms with Crippen molar-refractivity contribution in [1.29, 1.82) is 0 Å². The quantitative estimate of drug-likeness (QED) is 0.784. The van der Waals surface area contributed by atoms with Crippen molar-refractivity contribution < 1.29 is 14.3 Å². The highest BCUT2D eigenvalue weighted by Crippen LogP contribution is 2.29. The molecule has 0 radical (unpaired) electrons. The SMILES string of the molecule is CCOC(=O)c1cc(CC)sc1NC(=O)[C@@H](N)CC. The van der Waals surface area contributed by atoms with Crippen LogP contribution in [0.3, 0.4) is 0 Å². The molecule has 1 atom stereocenters. The lowest BCUT2D eigenvalue weighted by Crippen LogP contribution is -2.34. The minimum Gasteiger partial charge on any atom is -0.462 e. The summed E-state index contributed by atoms with van der Waals surface area (Å²) >= 11 is 1.38. The maximum atomic E-state index is 11.8. The lowest BCUT2D eigenvalue weighted by molar-refractivity contribution is -0.117. The summed E-state index contributed by atoms with van der Waals surface area (Å²) < 4.78 is 4.98. The van der Waals surface area contributed by atoms with Crippen molar-refractivity contribution in [2.75, 3.05) is 11.9 Å². The number of nitrogens with one attached hydrogen (secondary N) is 1. The third kappa shape index (κ3) is 4.04. The average molecular weight is 284 g/mol. The van der Waals surface area contributed by atoms with E-state index >= 15 is 0 Å². The molecule has 106 valence electrons. The summed E-state index contributed by atoms with van der Waals surface area (Å²) in [6.07, 6.45) is 1.35. The first-order valence-corrected chi connectivity index (χ1v) is 7.21. The van der Waals surface area contributed by atoms with Gasteiger partial charge in [-0.15, -0.1) is 11.3 Å². The van der Waals surface area contributed by atoms with Crippen LogP contribution in [0.2, 0.25) is 0 Å². The van der Waals surface area contributed by atoms with Crippen LogP contribution in [0.5, 0.6) is 0 Å². The van der Waals surface area contributed by atoms with Gasteiger partial charge in [0.05, 0.1) is 18.2 Å². The number of hydrogen-bond donors (Lipinski definition) is 2. The number of esters is 1. The number of ether oxygens (including phenoxy) is 1. The maximum Gasteiger partial charge on any atom is 0.341 e. The Hall–Kier alpha value is -1.40. The van der Waals surface area contributed by atoms with Crippen LogP contribution in [-0.4, -0.2) is 24.5 Å². The summed E-state index contributed by atoms with van der Waals surface area (Å²) in [6, 6.07) is 1.19. The summed E-state index contributed by atoms with van der Waals surface area (Å²) in [5.41, 5.74) is 6.07. The molecular formula is C13H20N2O3S. The van der Waals surface area contributed by atoms with E-state index in [1.165, 1.54) is 11.3 Å². The van der Waals surface area contributed by atoms with Crippen molar-refractivity contribution in [2.24, 2.45) is 5.73 Å². The fourth-order valence-electron chi connectivity index (χ4n) is 1.46. The number of anilines is 1. The first kappa shape index (κ1) is 15.7. The molecule has 0 spiro atoms. The van der Waals surface area contributed by atoms with Gasteiger partial charge in [0, 0.05) is 4.88 Å². The number of carbonyl (C=O) groups excluding carboxylic acids is 2. The molecule has 5 nitrogen and oxygen atoms in total. The molecule has 0 aliphatic rings. The summed E-state index contributed by atoms with van der Waals surface area (Å²) in [5, 5.41) is 3.23. The second-order valence-corrected chi connectivity index (χ2v) is 5.17. The predicted octanol–water partition coefficient (Wildman–Crippen LogP) is 2.16. The number of amides is 1. The molecular weight excluding hydrogens is 264 g/mol. The predicted molar refractivity (Wildman–Crippen MR) is 76.5 cm³/mol. The van der Waals surface area contributed by atoms with E-state index in [4.69, 9.17) is 10.5 Å². The zero-order valence-corrected chi connectivity index (χ0v) is 12.3. The Balaban J connectivity index is 2.95. The molecule has 1 amide bonds. The van der Waals surface area contributed by atoms with Gasteiger partial charge in [0.15, 0.2) is 0 Å². The van der Waals surface area contributed by atoms with Crippen LogP contribution < -0.4 is 11.1 Å². The molecule has 0 aliphatic heterocycles. The van der Waals surface area contributed by atoms with Gasteiger partial charge < -0.3 is 15.8 Å². The van der Waals surface area contributed by atoms with E-state index in [0.717, 1.165) is 11.3 Å². The van der Waals surface area contributed by atoms with Crippen LogP contribution in [0.1, 0.15) is 42.4 Å². The van der Waals surface area contributed by atoms with Crippen LogP contribution in [0.4, 0.5) is 5.00 Å². The zero-order chi connectivity index (χ0) is 14.4. The van der Waals surface area contributed by atoms with E-state index in [0.29, 0.717) is 23.6 Å². The van der Waals surface area contributed by atoms with Crippen LogP contribution in [0.15, 0.2) is 6.07 Å². The number of rotatable bonds is 6. The van der Waals surface area contributed by atoms with Gasteiger partial charge in [-0.2, -0.15) is 0 Å². The number of thiophene rings is 1. The Morgan fingerprint density at radius 1 is 1.42 bits per heavy atom. The molecule has 0 bridgehead atoms. The summed E-state index contributed by atoms with van der Waals surface area (Å²) in [6.45, 7) is 5.88. The third-order valence-corrected chi connectivity index (χ3v) is 3.84. The number of nitrogens with two attached hydrogens (primary N) is 1. The highest BCUT2D eigenvalue weighted by Gasteiger charge is 2.20. The lowest BCUT2D eigenvalue weighted by atomic mass is 10.2. The fraction of sp³-hybridized carbons (Fsp3) is 0.538. The molecule has 0 saturated carbocycles. The molecule has 1 aromatic heterocycles. The van der Waals surface area contributed by atoms with Gasteiger partial charge >= 0.3 is 5.97 Å². The Morgan fingerprint density at radius 2 is 2.11 bits per heavy atom. The van der Waals surface area contributed by atoms with Gasteiger partial charge in [0.25, 0.3) is 0 Å². The summed E-state index contributed by atoms with van der Waals surface area (Å²) in [4.78, 5) is 24.6. The number of carbonyl (C=O) groups is 2. The third-order valence-electron chi connectivity index (χ3n) is 2.64. The minimum absolute atomic E-state index is 0.280. The second-order valence-electron chi connectivity index (χ2n) is 4.03. The average Bonchev–Trinajstić information content (AvgIpc) is 2.81. The zero-order valence-electron chi connectivity index (χ0n) is 11.5. The topological polar surface area (TPSA) is 81.4 Å². The van der Waals surface area contributed by atoms with Crippen LogP contribution in [0, 0.1) is 0 Å². The molecule has 0 fully saturated rings. The molecule has 0 saturated heterocycles. The molecule has 6 heteroatoms. The van der Waals surface area contributed by atoms with E-state index in [1.807, 2.05) is 13.8 Å². The molecule has 19 heavy (non-hydrogen) atoms. The Labute approximate surface area is 117 Å². The fourth-order valence-corrected chi connectivity index (χ4v) is 2.45. The first-order valence-electron chi connectivity index (χ1n) is 6.39. The molecule has 3 N–H and O–H groups in total. The highest BCUT2D eigenvalue weighted by atomic mass is 32.1. The van der Waals surface area contributed by atoms with Gasteiger partial charge in [-0.05, 0) is 25.8 Å². The Morgan fingerprint density at radius 3 is 2.63 bits per heavy atom. The first-order chi connectivity index (χ1) is 9.03. The van der Waals surface area contributed by atoms with Crippen molar-refractivity contribution in [3.8, 4) is 0 Å². The van der Waals surface area contributed by atoms with Crippen molar-refractivity contribution in [3.05, 3.63) is 16.5 Å². The number of aryl methyl sites for hydroxylation is 1. The normalized spacial score (nSPS) is 12.0. The standard InChI is InChI=1S/C13H20N2O3S/c1-4-8-7-9(13(17)18-6-3)12(19-8)15-11(16)10(14)5-2/h7,10H,4-6,14H2,1-3H3,(H,15,16)/t10-/m0/s1. The largest absolute Gasteiger partial charge is 0.462 e. The maximum absolute atomic E-state index is 11.8. The molecule has 0 aromatic carbocycles. The van der Waals surface area contributed by atoms with E-state index in [1.54, 1.807) is 13.0 Å². The Bertz CT molecular complexity index is 457. The van der Waals surface area contributed by atoms with Crippen LogP contribution >= 0.6 is 11.3 Å². The lowest BCUT2D eigenvalue weighted by Gasteiger charge is -2.09. The van der Waals surface area contributed by atoms with Gasteiger partial charge in [0.1, 0.15) is 5.00 Å². The monoisotopic (exact) mass is 284 g/mol. The van der Waals surface area contributed by atoms with E-state index in [-0.39, 0.29) is 5.91 Å². The van der Waals surface area contributed by atoms with Gasteiger partial charge in [-0.25, -0.2) is 4.79 Å². The highest BCUT2D eigenvalue weighted by molar-refractivity contribution is 7.16. The molecule has 1 rings (SSSR count). The van der Waals surface area contributed by atoms with Gasteiger partial charge in [0.2, 0.25) is 5.91 Å². The number of hydrogen-bond acceptors (Lipinski definition) is 5. The van der Waals surface area contributed by atoms with Gasteiger partial charge in [-0.3, -0.25) is 4.79 Å². The molecule has 1 heterocycles. The summed E-state index contributed by atoms with van der Waals surface area (Å²) in [5.74, 6) is -0.698. The second kappa shape index (κ2) is 7.25. The van der Waals surface area contributed by atoms with Crippen LogP contribution in [0.25, 0.3) is 0 Å². The molecule has 1 aromatic rings. The summed E-state index contributed by atoms with van der Waals surface area (Å²) in [7, 11) is 0. The molecule has 0 aliphatic carbocycles. The molecule has 0 unspecified atom stereocenters.